The second-order valence-electron chi connectivity index (χ2n) is 9.23. The summed E-state index contributed by atoms with van der Waals surface area (Å²) >= 11 is 0. The zero-order valence-corrected chi connectivity index (χ0v) is 19.4. The molecule has 3 aromatic rings. The van der Waals surface area contributed by atoms with Crippen molar-refractivity contribution in [1.29, 1.82) is 10.5 Å². The third kappa shape index (κ3) is 3.58. The monoisotopic (exact) mass is 511 g/mol. The van der Waals surface area contributed by atoms with Crippen LogP contribution in [0.2, 0.25) is 0 Å². The first kappa shape index (κ1) is 24.5. The quantitative estimate of drug-likeness (QED) is 0.465. The van der Waals surface area contributed by atoms with Crippen LogP contribution >= 0.6 is 0 Å². The first-order valence-corrected chi connectivity index (χ1v) is 11.3. The molecule has 2 aliphatic rings. The first-order chi connectivity index (χ1) is 17.4. The summed E-state index contributed by atoms with van der Waals surface area (Å²) in [6.45, 7) is 1.62. The van der Waals surface area contributed by atoms with Crippen LogP contribution in [-0.2, 0) is 22.1 Å². The van der Waals surface area contributed by atoms with Crippen molar-refractivity contribution >= 4 is 0 Å². The lowest BCUT2D eigenvalue weighted by Gasteiger charge is -2.26. The maximum Gasteiger partial charge on any atom is 0.417 e. The summed E-state index contributed by atoms with van der Waals surface area (Å²) in [6.07, 6.45) is -5.70. The van der Waals surface area contributed by atoms with Crippen molar-refractivity contribution in [3.63, 3.8) is 0 Å². The standard InChI is InChI=1S/C26H20F3N3O5/c1-24-19(33)11-25(37-24,8-9-36-17-6-2-14(12-30)3-7-17)21-20(24)22(34)32(23(21)35)16-5-4-15(13-31)18(10-16)26(27,28)29/h2-7,10,19,33-35H,8-9,11H2,1H3/t19-,24-,25+/m1/s1. The second kappa shape index (κ2) is 8.17. The van der Waals surface area contributed by atoms with Gasteiger partial charge in [-0.05, 0) is 49.4 Å². The van der Waals surface area contributed by atoms with Gasteiger partial charge in [-0.2, -0.15) is 23.7 Å². The number of aromatic hydroxyl groups is 2. The van der Waals surface area contributed by atoms with E-state index in [1.165, 1.54) is 19.1 Å². The number of hydrogen-bond donors (Lipinski definition) is 3. The molecule has 2 bridgehead atoms. The summed E-state index contributed by atoms with van der Waals surface area (Å²) < 4.78 is 53.5. The summed E-state index contributed by atoms with van der Waals surface area (Å²) in [5.41, 5.74) is -4.01. The van der Waals surface area contributed by atoms with E-state index in [9.17, 15) is 28.5 Å². The molecule has 11 heteroatoms. The van der Waals surface area contributed by atoms with Gasteiger partial charge in [0, 0.05) is 12.8 Å². The van der Waals surface area contributed by atoms with Gasteiger partial charge in [-0.25, -0.2) is 0 Å². The first-order valence-electron chi connectivity index (χ1n) is 11.3. The van der Waals surface area contributed by atoms with Gasteiger partial charge in [-0.3, -0.25) is 4.57 Å². The minimum atomic E-state index is -4.84. The Morgan fingerprint density at radius 2 is 1.76 bits per heavy atom. The van der Waals surface area contributed by atoms with E-state index in [0.717, 1.165) is 10.6 Å². The van der Waals surface area contributed by atoms with Crippen LogP contribution in [0.5, 0.6) is 17.5 Å². The van der Waals surface area contributed by atoms with E-state index >= 15 is 0 Å². The Kier molecular flexibility index (Phi) is 5.41. The maximum absolute atomic E-state index is 13.6. The van der Waals surface area contributed by atoms with Crippen LogP contribution in [-0.4, -0.2) is 32.6 Å². The average Bonchev–Trinajstić information content (AvgIpc) is 3.39. The summed E-state index contributed by atoms with van der Waals surface area (Å²) in [5.74, 6) is -0.613. The molecule has 1 fully saturated rings. The number of aromatic nitrogens is 1. The third-order valence-electron chi connectivity index (χ3n) is 7.08. The number of ether oxygens (including phenoxy) is 2. The lowest BCUT2D eigenvalue weighted by atomic mass is 9.76. The van der Waals surface area contributed by atoms with Gasteiger partial charge in [0.25, 0.3) is 0 Å². The van der Waals surface area contributed by atoms with E-state index < -0.39 is 46.4 Å². The number of halogens is 3. The Bertz CT molecular complexity index is 1490. The molecule has 1 saturated heterocycles. The van der Waals surface area contributed by atoms with Crippen molar-refractivity contribution in [3.05, 3.63) is 70.3 Å². The highest BCUT2D eigenvalue weighted by molar-refractivity contribution is 5.62. The molecule has 0 radical (unpaired) electrons. The second-order valence-corrected chi connectivity index (χ2v) is 9.23. The molecule has 3 N–H and O–H groups in total. The average molecular weight is 511 g/mol. The zero-order valence-electron chi connectivity index (χ0n) is 19.4. The molecule has 8 nitrogen and oxygen atoms in total. The Morgan fingerprint density at radius 3 is 2.38 bits per heavy atom. The van der Waals surface area contributed by atoms with E-state index in [0.29, 0.717) is 17.4 Å². The lowest BCUT2D eigenvalue weighted by molar-refractivity contribution is -0.137. The topological polar surface area (TPSA) is 132 Å². The highest BCUT2D eigenvalue weighted by Crippen LogP contribution is 2.65. The SMILES string of the molecule is C[C@@]12O[C@@](CCOc3ccc(C#N)cc3)(C[C@H]1O)c1c2c(O)n(-c2ccc(C#N)c(C(F)(F)F)c2)c1O. The zero-order chi connectivity index (χ0) is 26.8. The lowest BCUT2D eigenvalue weighted by Crippen LogP contribution is -2.33. The van der Waals surface area contributed by atoms with E-state index in [-0.39, 0.29) is 36.3 Å². The van der Waals surface area contributed by atoms with Crippen molar-refractivity contribution in [3.8, 4) is 35.3 Å². The Morgan fingerprint density at radius 1 is 1.08 bits per heavy atom. The van der Waals surface area contributed by atoms with Gasteiger partial charge in [-0.15, -0.1) is 0 Å². The highest BCUT2D eigenvalue weighted by Gasteiger charge is 2.66. The molecule has 5 rings (SSSR count). The summed E-state index contributed by atoms with van der Waals surface area (Å²) in [7, 11) is 0. The molecule has 0 aliphatic carbocycles. The molecule has 3 atom stereocenters. The molecule has 37 heavy (non-hydrogen) atoms. The molecule has 0 spiro atoms. The third-order valence-corrected chi connectivity index (χ3v) is 7.08. The maximum atomic E-state index is 13.6. The predicted octanol–water partition coefficient (Wildman–Crippen LogP) is 4.33. The van der Waals surface area contributed by atoms with E-state index in [4.69, 9.17) is 20.0 Å². The van der Waals surface area contributed by atoms with Gasteiger partial charge < -0.3 is 24.8 Å². The van der Waals surface area contributed by atoms with Crippen molar-refractivity contribution in [1.82, 2.24) is 4.57 Å². The number of benzene rings is 2. The van der Waals surface area contributed by atoms with Gasteiger partial charge in [0.15, 0.2) is 0 Å². The van der Waals surface area contributed by atoms with Crippen LogP contribution in [0, 0.1) is 22.7 Å². The van der Waals surface area contributed by atoms with Crippen LogP contribution in [0.1, 0.15) is 47.6 Å². The number of hydrogen-bond acceptors (Lipinski definition) is 7. The van der Waals surface area contributed by atoms with Gasteiger partial charge in [0.2, 0.25) is 11.8 Å². The van der Waals surface area contributed by atoms with Crippen molar-refractivity contribution in [2.24, 2.45) is 0 Å². The Balaban J connectivity index is 1.54. The van der Waals surface area contributed by atoms with Crippen molar-refractivity contribution in [2.45, 2.75) is 43.2 Å². The number of nitrogens with zero attached hydrogens (tertiary/aromatic N) is 3. The fourth-order valence-corrected chi connectivity index (χ4v) is 5.33. The molecule has 3 heterocycles. The van der Waals surface area contributed by atoms with Crippen LogP contribution in [0.25, 0.3) is 5.69 Å². The molecule has 1 aromatic heterocycles. The Labute approximate surface area is 208 Å². The van der Waals surface area contributed by atoms with Gasteiger partial charge in [0.1, 0.15) is 17.0 Å². The fourth-order valence-electron chi connectivity index (χ4n) is 5.33. The van der Waals surface area contributed by atoms with Crippen LogP contribution < -0.4 is 4.74 Å². The minimum Gasteiger partial charge on any atom is -0.494 e. The van der Waals surface area contributed by atoms with Crippen molar-refractivity contribution < 1.29 is 38.0 Å². The minimum absolute atomic E-state index is 0.0609. The summed E-state index contributed by atoms with van der Waals surface area (Å²) in [5, 5.41) is 51.1. The fraction of sp³-hybridized carbons (Fsp3) is 0.308. The van der Waals surface area contributed by atoms with E-state index in [1.54, 1.807) is 24.3 Å². The van der Waals surface area contributed by atoms with Gasteiger partial charge in [0.05, 0.1) is 58.4 Å². The number of fused-ring (bicyclic) bond motifs is 5. The highest BCUT2D eigenvalue weighted by atomic mass is 19.4. The van der Waals surface area contributed by atoms with Gasteiger partial charge in [-0.1, -0.05) is 0 Å². The molecule has 2 aromatic carbocycles. The number of aliphatic hydroxyl groups excluding tert-OH is 1. The van der Waals surface area contributed by atoms with Crippen LogP contribution in [0.3, 0.4) is 0 Å². The van der Waals surface area contributed by atoms with Crippen LogP contribution in [0.15, 0.2) is 42.5 Å². The van der Waals surface area contributed by atoms with Crippen molar-refractivity contribution in [2.75, 3.05) is 6.61 Å². The van der Waals surface area contributed by atoms with Gasteiger partial charge >= 0.3 is 6.18 Å². The molecule has 0 unspecified atom stereocenters. The molecular weight excluding hydrogens is 491 g/mol. The number of alkyl halides is 3. The van der Waals surface area contributed by atoms with E-state index in [2.05, 4.69) is 0 Å². The summed E-state index contributed by atoms with van der Waals surface area (Å²) in [4.78, 5) is 0. The molecule has 0 saturated carbocycles. The van der Waals surface area contributed by atoms with Crippen LogP contribution in [0.4, 0.5) is 13.2 Å². The Hall–Kier alpha value is -4.19. The number of nitriles is 2. The molecule has 0 amide bonds. The molecular formula is C26H20F3N3O5. The predicted molar refractivity (Wildman–Crippen MR) is 121 cm³/mol. The van der Waals surface area contributed by atoms with E-state index in [1.807, 2.05) is 6.07 Å². The largest absolute Gasteiger partial charge is 0.494 e. The summed E-state index contributed by atoms with van der Waals surface area (Å²) in [6, 6.07) is 12.7. The number of aliphatic hydroxyl groups is 1. The molecule has 190 valence electrons. The molecule has 2 aliphatic heterocycles. The smallest absolute Gasteiger partial charge is 0.417 e. The normalized spacial score (nSPS) is 23.9. The number of rotatable bonds is 5.